The number of hydrogen-bond acceptors (Lipinski definition) is 11. The van der Waals surface area contributed by atoms with Gasteiger partial charge in [0.15, 0.2) is 17.2 Å². The largest absolute Gasteiger partial charge is 0.385 e. The third kappa shape index (κ3) is 8.29. The first-order chi connectivity index (χ1) is 31.5. The van der Waals surface area contributed by atoms with Crippen molar-refractivity contribution in [2.75, 3.05) is 81.6 Å². The van der Waals surface area contributed by atoms with Crippen LogP contribution in [0.15, 0.2) is 48.7 Å². The highest BCUT2D eigenvalue weighted by Gasteiger charge is 2.43. The molecule has 10 rings (SSSR count). The number of urea groups is 1. The lowest BCUT2D eigenvalue weighted by atomic mass is 9.70. The van der Waals surface area contributed by atoms with Crippen LogP contribution in [0.25, 0.3) is 5.65 Å². The molecule has 16 nitrogen and oxygen atoms in total. The number of rotatable bonds is 10. The summed E-state index contributed by atoms with van der Waals surface area (Å²) in [6, 6.07) is 12.6. The van der Waals surface area contributed by atoms with Crippen molar-refractivity contribution in [1.82, 2.24) is 39.9 Å². The molecule has 4 aromatic rings. The van der Waals surface area contributed by atoms with Gasteiger partial charge in [0.25, 0.3) is 11.8 Å². The minimum Gasteiger partial charge on any atom is -0.385 e. The number of carbonyl (C=O) groups excluding carboxylic acids is 4. The van der Waals surface area contributed by atoms with Gasteiger partial charge in [0, 0.05) is 89.8 Å². The first kappa shape index (κ1) is 43.5. The molecule has 0 radical (unpaired) electrons. The minimum atomic E-state index is -0.951. The molecule has 2 aromatic carbocycles. The van der Waals surface area contributed by atoms with Crippen LogP contribution in [0, 0.1) is 5.41 Å². The van der Waals surface area contributed by atoms with Crippen LogP contribution in [0.4, 0.5) is 32.1 Å². The number of carbonyl (C=O) groups is 4. The van der Waals surface area contributed by atoms with Crippen molar-refractivity contribution < 1.29 is 28.3 Å². The van der Waals surface area contributed by atoms with Crippen LogP contribution < -0.4 is 25.8 Å². The number of amides is 5. The Balaban J connectivity index is 0.733. The highest BCUT2D eigenvalue weighted by atomic mass is 35.5. The van der Waals surface area contributed by atoms with Crippen molar-refractivity contribution in [2.24, 2.45) is 5.41 Å². The van der Waals surface area contributed by atoms with E-state index in [0.29, 0.717) is 59.6 Å². The Hall–Kier alpha value is -5.36. The second-order valence-corrected chi connectivity index (χ2v) is 19.1. The van der Waals surface area contributed by atoms with Crippen LogP contribution in [0.2, 0.25) is 5.02 Å². The molecule has 2 aromatic heterocycles. The molecule has 1 spiro atoms. The van der Waals surface area contributed by atoms with Gasteiger partial charge in [-0.15, -0.1) is 5.10 Å². The van der Waals surface area contributed by atoms with Gasteiger partial charge in [-0.05, 0) is 105 Å². The summed E-state index contributed by atoms with van der Waals surface area (Å²) in [5.41, 5.74) is 6.26. The molecule has 7 heterocycles. The number of nitrogens with one attached hydrogen (secondary N) is 3. The number of benzene rings is 2. The predicted molar refractivity (Wildman–Crippen MR) is 245 cm³/mol. The molecule has 5 fully saturated rings. The van der Waals surface area contributed by atoms with Crippen molar-refractivity contribution in [1.29, 1.82) is 0 Å². The average Bonchev–Trinajstić information content (AvgIpc) is 3.94. The summed E-state index contributed by atoms with van der Waals surface area (Å²) in [6.45, 7) is 5.83. The summed E-state index contributed by atoms with van der Waals surface area (Å²) in [5, 5.41) is 14.0. The molecule has 5 amide bonds. The molecule has 344 valence electrons. The van der Waals surface area contributed by atoms with E-state index in [9.17, 15) is 19.2 Å². The molecule has 4 saturated heterocycles. The molecule has 6 aliphatic rings. The molecule has 0 bridgehead atoms. The fourth-order valence-corrected chi connectivity index (χ4v) is 11.3. The quantitative estimate of drug-likeness (QED) is 0.187. The first-order valence-corrected chi connectivity index (χ1v) is 23.5. The number of imidazole rings is 1. The molecular weight excluding hydrogens is 853 g/mol. The van der Waals surface area contributed by atoms with Gasteiger partial charge in [0.1, 0.15) is 6.17 Å². The standard InChI is InChI=1S/C47H57ClFN11O5/c1-50-35-25-41(54-60-39(26-51-43(35)60)44(62)52-34-8-9-40(34)65-2)58-18-10-31-30(4-3-5-36(31)58)27-55-17-11-37(33(49)28-55)56-20-13-47(14-21-56)15-22-57(23-16-47)45(63)29-6-7-32(48)38(24-29)59-19-12-42(61)53-46(59)64/h3-7,24-26,33-34,37,40,50H,8-23,27-28H2,1-2H3,(H,52,62)(H,53,61,64)/t33-,34+,37-,40+/m0/s1. The number of halogens is 2. The van der Waals surface area contributed by atoms with Crippen LogP contribution in [0.3, 0.4) is 0 Å². The molecule has 0 unspecified atom stereocenters. The monoisotopic (exact) mass is 909 g/mol. The maximum Gasteiger partial charge on any atom is 0.328 e. The van der Waals surface area contributed by atoms with E-state index >= 15 is 4.39 Å². The van der Waals surface area contributed by atoms with Gasteiger partial charge in [-0.3, -0.25) is 34.4 Å². The number of hydrogen-bond donors (Lipinski definition) is 3. The highest BCUT2D eigenvalue weighted by Crippen LogP contribution is 2.43. The van der Waals surface area contributed by atoms with E-state index < -0.39 is 12.2 Å². The van der Waals surface area contributed by atoms with Crippen LogP contribution in [-0.4, -0.2) is 144 Å². The van der Waals surface area contributed by atoms with Gasteiger partial charge in [0.2, 0.25) is 5.91 Å². The lowest BCUT2D eigenvalue weighted by molar-refractivity contribution is -0.120. The zero-order valence-corrected chi connectivity index (χ0v) is 37.8. The van der Waals surface area contributed by atoms with Crippen molar-refractivity contribution in [3.05, 3.63) is 76.1 Å². The normalized spacial score (nSPS) is 24.8. The smallest absolute Gasteiger partial charge is 0.328 e. The number of imide groups is 1. The van der Waals surface area contributed by atoms with Gasteiger partial charge in [-0.2, -0.15) is 0 Å². The Bertz CT molecular complexity index is 2500. The van der Waals surface area contributed by atoms with E-state index in [1.165, 1.54) is 16.0 Å². The highest BCUT2D eigenvalue weighted by molar-refractivity contribution is 6.34. The molecule has 1 saturated carbocycles. The number of fused-ring (bicyclic) bond motifs is 2. The van der Waals surface area contributed by atoms with Gasteiger partial charge in [-0.25, -0.2) is 18.7 Å². The summed E-state index contributed by atoms with van der Waals surface area (Å²) in [7, 11) is 3.51. The number of likely N-dealkylation sites (tertiary alicyclic amines) is 3. The van der Waals surface area contributed by atoms with Crippen LogP contribution in [-0.2, 0) is 22.5 Å². The molecule has 3 N–H and O–H groups in total. The fraction of sp³-hybridized carbons (Fsp3) is 0.532. The van der Waals surface area contributed by atoms with Crippen molar-refractivity contribution >= 4 is 63.9 Å². The Morgan fingerprint density at radius 3 is 2.45 bits per heavy atom. The Kier molecular flexibility index (Phi) is 11.9. The zero-order valence-electron chi connectivity index (χ0n) is 37.0. The second-order valence-electron chi connectivity index (χ2n) is 18.6. The molecule has 1 aliphatic carbocycles. The first-order valence-electron chi connectivity index (χ1n) is 23.1. The summed E-state index contributed by atoms with van der Waals surface area (Å²) in [6.07, 6.45) is 8.00. The molecule has 5 aliphatic heterocycles. The summed E-state index contributed by atoms with van der Waals surface area (Å²) >= 11 is 6.44. The topological polar surface area (TPSA) is 160 Å². The van der Waals surface area contributed by atoms with Gasteiger partial charge >= 0.3 is 6.03 Å². The third-order valence-corrected chi connectivity index (χ3v) is 15.5. The number of methoxy groups -OCH3 is 1. The molecule has 18 heteroatoms. The van der Waals surface area contributed by atoms with E-state index in [4.69, 9.17) is 21.4 Å². The van der Waals surface area contributed by atoms with E-state index in [-0.39, 0.29) is 54.3 Å². The van der Waals surface area contributed by atoms with E-state index in [2.05, 4.69) is 53.8 Å². The SMILES string of the molecule is CNc1cc(N2CCc3c(CN4CC[C@H](N5CCC6(CCN(C(=O)c7ccc(Cl)c(N8CCC(=O)NC8=O)c7)CC6)CC5)[C@@H](F)C4)cccc32)nn2c(C(=O)N[C@@H]3CC[C@H]3OC)cnc12. The number of alkyl halides is 1. The summed E-state index contributed by atoms with van der Waals surface area (Å²) < 4.78 is 23.4. The number of nitrogens with zero attached hydrogens (tertiary/aromatic N) is 8. The maximum absolute atomic E-state index is 16.2. The van der Waals surface area contributed by atoms with E-state index in [1.54, 1.807) is 36.0 Å². The van der Waals surface area contributed by atoms with Gasteiger partial charge in [0.05, 0.1) is 34.7 Å². The summed E-state index contributed by atoms with van der Waals surface area (Å²) in [4.78, 5) is 66.0. The molecule has 65 heavy (non-hydrogen) atoms. The van der Waals surface area contributed by atoms with Gasteiger partial charge in [-0.1, -0.05) is 23.7 Å². The lowest BCUT2D eigenvalue weighted by Crippen LogP contribution is -2.56. The lowest BCUT2D eigenvalue weighted by Gasteiger charge is -2.50. The Morgan fingerprint density at radius 1 is 0.938 bits per heavy atom. The van der Waals surface area contributed by atoms with Crippen LogP contribution in [0.1, 0.15) is 83.3 Å². The summed E-state index contributed by atoms with van der Waals surface area (Å²) in [5.74, 6) is 0.0601. The average molecular weight is 910 g/mol. The van der Waals surface area contributed by atoms with Crippen molar-refractivity contribution in [3.8, 4) is 0 Å². The zero-order chi connectivity index (χ0) is 45.0. The van der Waals surface area contributed by atoms with E-state index in [0.717, 1.165) is 88.9 Å². The van der Waals surface area contributed by atoms with Crippen LogP contribution >= 0.6 is 11.6 Å². The molecule has 4 atom stereocenters. The number of ether oxygens (including phenoxy) is 1. The van der Waals surface area contributed by atoms with Crippen molar-refractivity contribution in [2.45, 2.75) is 88.7 Å². The fourth-order valence-electron chi connectivity index (χ4n) is 11.1. The maximum atomic E-state index is 16.2. The third-order valence-electron chi connectivity index (χ3n) is 15.2. The van der Waals surface area contributed by atoms with Crippen LogP contribution in [0.5, 0.6) is 0 Å². The number of piperidine rings is 3. The number of aromatic nitrogens is 3. The van der Waals surface area contributed by atoms with Gasteiger partial charge < -0.3 is 25.2 Å². The van der Waals surface area contributed by atoms with Crippen molar-refractivity contribution in [3.63, 3.8) is 0 Å². The predicted octanol–water partition coefficient (Wildman–Crippen LogP) is 5.40. The second kappa shape index (κ2) is 17.8. The van der Waals surface area contributed by atoms with E-state index in [1.807, 2.05) is 18.0 Å². The minimum absolute atomic E-state index is 0.0158. The number of anilines is 4. The Labute approximate surface area is 382 Å². The Morgan fingerprint density at radius 2 is 1.72 bits per heavy atom. The molecular formula is C47H57ClFN11O5.